The number of hydrogen-bond donors (Lipinski definition) is 3. The predicted octanol–water partition coefficient (Wildman–Crippen LogP) is 3.58. The zero-order valence-electron chi connectivity index (χ0n) is 22.4. The second kappa shape index (κ2) is 10.4. The fraction of sp³-hybridized carbons (Fsp3) is 0.679. The lowest BCUT2D eigenvalue weighted by atomic mass is 9.73. The molecule has 0 amide bonds. The number of cyclic esters (lactones) is 1. The smallest absolute Gasteiger partial charge is 0.309 e. The number of nitrogens with zero attached hydrogens (tertiary/aromatic N) is 1. The molecular weight excluding hydrogens is 476 g/mol. The second-order valence-corrected chi connectivity index (χ2v) is 11.6. The number of nitrogens with two attached hydrogens (primary N) is 1. The van der Waals surface area contributed by atoms with Crippen LogP contribution in [0.4, 0.5) is 0 Å². The standard InChI is InChI=1S/C28H40N2O7/c1-15-7-6-10-28(5)22(37-28)12-20(17-8-9-19-18(11-17)30-23(14-29)35-19)36-24(32)13-21(31)27(3,4)26(34)16(2)25(15)33/h8-9,11,15-16,20-22,25,31,33H,6-7,10,12-14,29H2,1-5H3/t15-,16?,20-,21-,22+,25-,28+/m0/s1. The van der Waals surface area contributed by atoms with Crippen molar-refractivity contribution in [2.24, 2.45) is 23.0 Å². The zero-order valence-corrected chi connectivity index (χ0v) is 22.4. The maximum Gasteiger partial charge on any atom is 0.309 e. The molecule has 7 atom stereocenters. The van der Waals surface area contributed by atoms with Crippen molar-refractivity contribution in [3.8, 4) is 0 Å². The monoisotopic (exact) mass is 516 g/mol. The van der Waals surface area contributed by atoms with E-state index in [9.17, 15) is 19.8 Å². The summed E-state index contributed by atoms with van der Waals surface area (Å²) < 4.78 is 17.6. The molecule has 2 fully saturated rings. The molecule has 4 N–H and O–H groups in total. The number of Topliss-reactive ketones (excluding diaryl/α,β-unsaturated/α-hetero) is 1. The summed E-state index contributed by atoms with van der Waals surface area (Å²) in [5, 5.41) is 21.8. The van der Waals surface area contributed by atoms with E-state index in [1.54, 1.807) is 26.8 Å². The average Bonchev–Trinajstić information content (AvgIpc) is 3.29. The molecule has 0 saturated carbocycles. The number of aliphatic hydroxyl groups excluding tert-OH is 2. The Morgan fingerprint density at radius 2 is 1.89 bits per heavy atom. The van der Waals surface area contributed by atoms with Gasteiger partial charge in [-0.05, 0) is 43.4 Å². The number of hydrogen-bond acceptors (Lipinski definition) is 9. The van der Waals surface area contributed by atoms with E-state index in [0.29, 0.717) is 23.4 Å². The number of fused-ring (bicyclic) bond motifs is 2. The zero-order chi connectivity index (χ0) is 27.1. The largest absolute Gasteiger partial charge is 0.457 e. The number of ketones is 1. The van der Waals surface area contributed by atoms with E-state index in [2.05, 4.69) is 4.98 Å². The van der Waals surface area contributed by atoms with Crippen molar-refractivity contribution in [2.75, 3.05) is 0 Å². The first-order valence-corrected chi connectivity index (χ1v) is 13.2. The fourth-order valence-electron chi connectivity index (χ4n) is 5.50. The SMILES string of the molecule is CC1C(=O)C(C)(C)[C@@H](O)CC(=O)O[C@H](c2ccc3oc(CN)nc3c2)C[C@H]2O[C@]2(C)CCC[C@H](C)[C@@H]1O. The summed E-state index contributed by atoms with van der Waals surface area (Å²) >= 11 is 0. The van der Waals surface area contributed by atoms with Gasteiger partial charge in [0.25, 0.3) is 0 Å². The Balaban J connectivity index is 1.62. The van der Waals surface area contributed by atoms with Crippen LogP contribution in [0.1, 0.15) is 84.3 Å². The molecule has 9 nitrogen and oxygen atoms in total. The van der Waals surface area contributed by atoms with Crippen LogP contribution in [0.3, 0.4) is 0 Å². The van der Waals surface area contributed by atoms with E-state index in [4.69, 9.17) is 19.6 Å². The van der Waals surface area contributed by atoms with Crippen LogP contribution in [0, 0.1) is 17.3 Å². The van der Waals surface area contributed by atoms with Crippen LogP contribution in [-0.4, -0.2) is 50.9 Å². The first-order chi connectivity index (χ1) is 17.4. The van der Waals surface area contributed by atoms with E-state index in [1.165, 1.54) is 0 Å². The van der Waals surface area contributed by atoms with Crippen LogP contribution < -0.4 is 5.73 Å². The number of epoxide rings is 1. The summed E-state index contributed by atoms with van der Waals surface area (Å²) in [5.74, 6) is -1.24. The maximum atomic E-state index is 13.3. The van der Waals surface area contributed by atoms with Crippen LogP contribution in [0.15, 0.2) is 22.6 Å². The van der Waals surface area contributed by atoms with Crippen molar-refractivity contribution in [2.45, 2.75) is 103 Å². The van der Waals surface area contributed by atoms with Crippen LogP contribution in [0.25, 0.3) is 11.1 Å². The van der Waals surface area contributed by atoms with Crippen LogP contribution in [-0.2, 0) is 25.6 Å². The Hall–Kier alpha value is -2.33. The lowest BCUT2D eigenvalue weighted by Crippen LogP contribution is -2.45. The Labute approximate surface area is 217 Å². The summed E-state index contributed by atoms with van der Waals surface area (Å²) in [6, 6.07) is 5.43. The normalized spacial score (nSPS) is 35.7. The highest BCUT2D eigenvalue weighted by molar-refractivity contribution is 5.88. The number of esters is 1. The average molecular weight is 517 g/mol. The minimum Gasteiger partial charge on any atom is -0.457 e. The highest BCUT2D eigenvalue weighted by Crippen LogP contribution is 2.46. The van der Waals surface area contributed by atoms with E-state index in [0.717, 1.165) is 24.8 Å². The van der Waals surface area contributed by atoms with Crippen LogP contribution >= 0.6 is 0 Å². The highest BCUT2D eigenvalue weighted by atomic mass is 16.6. The topological polar surface area (TPSA) is 148 Å². The van der Waals surface area contributed by atoms with E-state index in [-0.39, 0.29) is 36.4 Å². The lowest BCUT2D eigenvalue weighted by Gasteiger charge is -2.34. The van der Waals surface area contributed by atoms with E-state index < -0.39 is 35.6 Å². The van der Waals surface area contributed by atoms with Gasteiger partial charge in [-0.3, -0.25) is 9.59 Å². The van der Waals surface area contributed by atoms with Crippen molar-refractivity contribution in [3.05, 3.63) is 29.7 Å². The molecule has 1 unspecified atom stereocenters. The molecule has 1 aromatic heterocycles. The third kappa shape index (κ3) is 5.74. The number of oxazole rings is 1. The van der Waals surface area contributed by atoms with Gasteiger partial charge < -0.3 is 29.8 Å². The Morgan fingerprint density at radius 1 is 1.16 bits per heavy atom. The Morgan fingerprint density at radius 3 is 2.59 bits per heavy atom. The van der Waals surface area contributed by atoms with Crippen molar-refractivity contribution >= 4 is 22.9 Å². The first kappa shape index (κ1) is 27.7. The van der Waals surface area contributed by atoms with Gasteiger partial charge in [-0.1, -0.05) is 40.2 Å². The van der Waals surface area contributed by atoms with Gasteiger partial charge in [0, 0.05) is 12.3 Å². The molecule has 3 heterocycles. The molecule has 9 heteroatoms. The van der Waals surface area contributed by atoms with Gasteiger partial charge in [-0.25, -0.2) is 4.98 Å². The lowest BCUT2D eigenvalue weighted by molar-refractivity contribution is -0.156. The van der Waals surface area contributed by atoms with Crippen molar-refractivity contribution in [1.82, 2.24) is 4.98 Å². The number of rotatable bonds is 2. The van der Waals surface area contributed by atoms with Gasteiger partial charge in [0.1, 0.15) is 17.4 Å². The Kier molecular flexibility index (Phi) is 7.82. The number of benzene rings is 1. The third-order valence-corrected chi connectivity index (χ3v) is 8.41. The quantitative estimate of drug-likeness (QED) is 0.402. The molecule has 0 spiro atoms. The highest BCUT2D eigenvalue weighted by Gasteiger charge is 2.53. The number of aromatic nitrogens is 1. The third-order valence-electron chi connectivity index (χ3n) is 8.41. The molecule has 2 aliphatic rings. The van der Waals surface area contributed by atoms with Gasteiger partial charge >= 0.3 is 5.97 Å². The molecule has 0 bridgehead atoms. The summed E-state index contributed by atoms with van der Waals surface area (Å²) in [4.78, 5) is 30.7. The molecule has 0 aliphatic carbocycles. The van der Waals surface area contributed by atoms with E-state index >= 15 is 0 Å². The van der Waals surface area contributed by atoms with E-state index in [1.807, 2.05) is 26.0 Å². The molecule has 2 saturated heterocycles. The second-order valence-electron chi connectivity index (χ2n) is 11.6. The minimum absolute atomic E-state index is 0.0917. The molecule has 0 radical (unpaired) electrons. The minimum atomic E-state index is -1.27. The first-order valence-electron chi connectivity index (χ1n) is 13.2. The van der Waals surface area contributed by atoms with Crippen LogP contribution in [0.5, 0.6) is 0 Å². The number of ether oxygens (including phenoxy) is 2. The van der Waals surface area contributed by atoms with Gasteiger partial charge in [0.2, 0.25) is 5.89 Å². The number of carbonyl (C=O) groups is 2. The molecule has 37 heavy (non-hydrogen) atoms. The number of carbonyl (C=O) groups excluding carboxylic acids is 2. The summed E-state index contributed by atoms with van der Waals surface area (Å²) in [7, 11) is 0. The molecule has 2 aliphatic heterocycles. The van der Waals surface area contributed by atoms with Crippen molar-refractivity contribution in [1.29, 1.82) is 0 Å². The molecule has 1 aromatic carbocycles. The predicted molar refractivity (Wildman–Crippen MR) is 136 cm³/mol. The van der Waals surface area contributed by atoms with Crippen molar-refractivity contribution < 1.29 is 33.7 Å². The van der Waals surface area contributed by atoms with Gasteiger partial charge in [0.15, 0.2) is 5.58 Å². The summed E-state index contributed by atoms with van der Waals surface area (Å²) in [6.07, 6.45) is -0.356. The summed E-state index contributed by atoms with van der Waals surface area (Å²) in [6.45, 7) is 9.08. The maximum absolute atomic E-state index is 13.3. The van der Waals surface area contributed by atoms with Crippen LogP contribution in [0.2, 0.25) is 0 Å². The van der Waals surface area contributed by atoms with Gasteiger partial charge in [-0.15, -0.1) is 0 Å². The Bertz CT molecular complexity index is 1140. The van der Waals surface area contributed by atoms with Gasteiger partial charge in [0.05, 0.1) is 42.3 Å². The molecular formula is C28H40N2O7. The van der Waals surface area contributed by atoms with Crippen molar-refractivity contribution in [3.63, 3.8) is 0 Å². The summed E-state index contributed by atoms with van der Waals surface area (Å²) in [5.41, 5.74) is 6.03. The van der Waals surface area contributed by atoms with Gasteiger partial charge in [-0.2, -0.15) is 0 Å². The molecule has 4 rings (SSSR count). The fourth-order valence-corrected chi connectivity index (χ4v) is 5.50. The molecule has 204 valence electrons. The number of aliphatic hydroxyl groups is 2. The molecule has 2 aromatic rings.